The molecule has 0 aromatic heterocycles. The molecule has 0 spiro atoms. The van der Waals surface area contributed by atoms with Crippen molar-refractivity contribution in [1.29, 1.82) is 0 Å². The van der Waals surface area contributed by atoms with Crippen LogP contribution in [-0.2, 0) is 0 Å². The zero-order valence-corrected chi connectivity index (χ0v) is 15.1. The van der Waals surface area contributed by atoms with Crippen LogP contribution in [0.4, 0.5) is 0 Å². The van der Waals surface area contributed by atoms with Gasteiger partial charge in [0.15, 0.2) is 0 Å². The normalized spacial score (nSPS) is 10.2. The molecular weight excluding hydrogens is 342 g/mol. The summed E-state index contributed by atoms with van der Waals surface area (Å²) in [6, 6.07) is 12.4. The number of unbranched alkanes of at least 4 members (excludes halogenated alkanes) is 1. The Morgan fingerprint density at radius 3 is 2.40 bits per heavy atom. The molecule has 0 saturated carbocycles. The van der Waals surface area contributed by atoms with Crippen LogP contribution in [0.1, 0.15) is 23.2 Å². The summed E-state index contributed by atoms with van der Waals surface area (Å²) in [7, 11) is 3.09. The largest absolute Gasteiger partial charge is 0.497 e. The summed E-state index contributed by atoms with van der Waals surface area (Å²) < 4.78 is 16.0. The molecule has 134 valence electrons. The number of halogens is 1. The van der Waals surface area contributed by atoms with E-state index in [0.717, 1.165) is 18.6 Å². The second kappa shape index (κ2) is 9.79. The van der Waals surface area contributed by atoms with Gasteiger partial charge in [-0.15, -0.1) is 0 Å². The van der Waals surface area contributed by atoms with Crippen LogP contribution in [0, 0.1) is 0 Å². The van der Waals surface area contributed by atoms with Crippen LogP contribution < -0.4 is 19.5 Å². The van der Waals surface area contributed by atoms with Gasteiger partial charge in [-0.1, -0.05) is 11.6 Å². The van der Waals surface area contributed by atoms with Crippen LogP contribution in [0.5, 0.6) is 17.2 Å². The molecule has 2 aromatic carbocycles. The Balaban J connectivity index is 1.72. The first-order valence-electron chi connectivity index (χ1n) is 8.02. The van der Waals surface area contributed by atoms with Gasteiger partial charge in [0.1, 0.15) is 17.2 Å². The van der Waals surface area contributed by atoms with Crippen LogP contribution >= 0.6 is 11.6 Å². The molecule has 25 heavy (non-hydrogen) atoms. The number of carbonyl (C=O) groups excluding carboxylic acids is 1. The third-order valence-electron chi connectivity index (χ3n) is 3.59. The summed E-state index contributed by atoms with van der Waals surface area (Å²) in [5.41, 5.74) is 0.458. The summed E-state index contributed by atoms with van der Waals surface area (Å²) in [6.07, 6.45) is 1.64. The van der Waals surface area contributed by atoms with Crippen molar-refractivity contribution in [3.63, 3.8) is 0 Å². The first kappa shape index (κ1) is 18.9. The van der Waals surface area contributed by atoms with E-state index in [9.17, 15) is 4.79 Å². The van der Waals surface area contributed by atoms with Gasteiger partial charge in [-0.05, 0) is 55.3 Å². The van der Waals surface area contributed by atoms with Gasteiger partial charge >= 0.3 is 0 Å². The van der Waals surface area contributed by atoms with E-state index < -0.39 is 0 Å². The predicted octanol–water partition coefficient (Wildman–Crippen LogP) is 3.95. The standard InChI is InChI=1S/C19H22ClNO4/c1-23-16-9-10-18(24-2)17(13-16)19(22)21-11-3-4-12-25-15-7-5-14(20)6-8-15/h5-10,13H,3-4,11-12H2,1-2H3,(H,21,22). The van der Waals surface area contributed by atoms with Gasteiger partial charge in [-0.2, -0.15) is 0 Å². The molecule has 0 saturated heterocycles. The first-order valence-corrected chi connectivity index (χ1v) is 8.40. The molecule has 0 unspecified atom stereocenters. The molecule has 2 aromatic rings. The van der Waals surface area contributed by atoms with Gasteiger partial charge in [0, 0.05) is 11.6 Å². The Morgan fingerprint density at radius 1 is 1.00 bits per heavy atom. The van der Waals surface area contributed by atoms with E-state index in [1.54, 1.807) is 37.4 Å². The molecule has 0 aliphatic rings. The molecule has 0 fully saturated rings. The van der Waals surface area contributed by atoms with E-state index in [1.165, 1.54) is 7.11 Å². The fourth-order valence-corrected chi connectivity index (χ4v) is 2.36. The van der Waals surface area contributed by atoms with Crippen molar-refractivity contribution in [2.24, 2.45) is 0 Å². The molecule has 0 aliphatic carbocycles. The molecule has 0 aliphatic heterocycles. The summed E-state index contributed by atoms with van der Waals surface area (Å²) in [4.78, 5) is 12.3. The highest BCUT2D eigenvalue weighted by Gasteiger charge is 2.13. The zero-order chi connectivity index (χ0) is 18.1. The lowest BCUT2D eigenvalue weighted by Crippen LogP contribution is -2.25. The van der Waals surface area contributed by atoms with Crippen molar-refractivity contribution >= 4 is 17.5 Å². The third kappa shape index (κ3) is 5.87. The molecule has 0 bridgehead atoms. The molecule has 1 N–H and O–H groups in total. The van der Waals surface area contributed by atoms with Crippen LogP contribution in [0.25, 0.3) is 0 Å². The van der Waals surface area contributed by atoms with Gasteiger partial charge < -0.3 is 19.5 Å². The third-order valence-corrected chi connectivity index (χ3v) is 3.84. The van der Waals surface area contributed by atoms with E-state index in [1.807, 2.05) is 12.1 Å². The van der Waals surface area contributed by atoms with E-state index in [0.29, 0.717) is 35.2 Å². The summed E-state index contributed by atoms with van der Waals surface area (Å²) in [5.74, 6) is 1.73. The van der Waals surface area contributed by atoms with Crippen molar-refractivity contribution in [2.45, 2.75) is 12.8 Å². The molecule has 0 atom stereocenters. The number of nitrogens with one attached hydrogen (secondary N) is 1. The molecule has 1 amide bonds. The van der Waals surface area contributed by atoms with Crippen molar-refractivity contribution in [2.75, 3.05) is 27.4 Å². The van der Waals surface area contributed by atoms with Crippen molar-refractivity contribution < 1.29 is 19.0 Å². The quantitative estimate of drug-likeness (QED) is 0.685. The highest BCUT2D eigenvalue weighted by Crippen LogP contribution is 2.23. The topological polar surface area (TPSA) is 56.8 Å². The number of hydrogen-bond acceptors (Lipinski definition) is 4. The maximum Gasteiger partial charge on any atom is 0.255 e. The summed E-state index contributed by atoms with van der Waals surface area (Å²) >= 11 is 5.82. The average Bonchev–Trinajstić information content (AvgIpc) is 2.65. The van der Waals surface area contributed by atoms with Crippen LogP contribution in [0.3, 0.4) is 0 Å². The Kier molecular flexibility index (Phi) is 7.41. The van der Waals surface area contributed by atoms with E-state index >= 15 is 0 Å². The SMILES string of the molecule is COc1ccc(OC)c(C(=O)NCCCCOc2ccc(Cl)cc2)c1. The molecular formula is C19H22ClNO4. The van der Waals surface area contributed by atoms with E-state index in [4.69, 9.17) is 25.8 Å². The lowest BCUT2D eigenvalue weighted by atomic mass is 10.1. The number of amides is 1. The number of methoxy groups -OCH3 is 2. The first-order chi connectivity index (χ1) is 12.1. The fraction of sp³-hybridized carbons (Fsp3) is 0.316. The Morgan fingerprint density at radius 2 is 1.72 bits per heavy atom. The minimum atomic E-state index is -0.186. The van der Waals surface area contributed by atoms with Crippen molar-refractivity contribution in [3.8, 4) is 17.2 Å². The Labute approximate surface area is 152 Å². The molecule has 0 radical (unpaired) electrons. The van der Waals surface area contributed by atoms with Crippen LogP contribution in [0.15, 0.2) is 42.5 Å². The Hall–Kier alpha value is -2.40. The van der Waals surface area contributed by atoms with Gasteiger partial charge in [-0.3, -0.25) is 4.79 Å². The van der Waals surface area contributed by atoms with Gasteiger partial charge in [0.05, 0.1) is 26.4 Å². The molecule has 0 heterocycles. The molecule has 5 nitrogen and oxygen atoms in total. The maximum absolute atomic E-state index is 12.3. The number of rotatable bonds is 9. The Bertz CT molecular complexity index is 688. The van der Waals surface area contributed by atoms with Crippen LogP contribution in [0.2, 0.25) is 5.02 Å². The number of benzene rings is 2. The fourth-order valence-electron chi connectivity index (χ4n) is 2.24. The van der Waals surface area contributed by atoms with Crippen molar-refractivity contribution in [3.05, 3.63) is 53.1 Å². The predicted molar refractivity (Wildman–Crippen MR) is 98.1 cm³/mol. The summed E-state index contributed by atoms with van der Waals surface area (Å²) in [6.45, 7) is 1.14. The lowest BCUT2D eigenvalue weighted by Gasteiger charge is -2.11. The second-order valence-corrected chi connectivity index (χ2v) is 5.77. The highest BCUT2D eigenvalue weighted by atomic mass is 35.5. The number of carbonyl (C=O) groups is 1. The smallest absolute Gasteiger partial charge is 0.255 e. The molecule has 2 rings (SSSR count). The molecule has 6 heteroatoms. The van der Waals surface area contributed by atoms with E-state index in [-0.39, 0.29) is 5.91 Å². The van der Waals surface area contributed by atoms with Gasteiger partial charge in [0.2, 0.25) is 0 Å². The van der Waals surface area contributed by atoms with Crippen LogP contribution in [-0.4, -0.2) is 33.3 Å². The highest BCUT2D eigenvalue weighted by molar-refractivity contribution is 6.30. The number of hydrogen-bond donors (Lipinski definition) is 1. The average molecular weight is 364 g/mol. The monoisotopic (exact) mass is 363 g/mol. The van der Waals surface area contributed by atoms with Gasteiger partial charge in [-0.25, -0.2) is 0 Å². The minimum absolute atomic E-state index is 0.186. The lowest BCUT2D eigenvalue weighted by molar-refractivity contribution is 0.0949. The number of ether oxygens (including phenoxy) is 3. The second-order valence-electron chi connectivity index (χ2n) is 5.33. The van der Waals surface area contributed by atoms with Gasteiger partial charge in [0.25, 0.3) is 5.91 Å². The summed E-state index contributed by atoms with van der Waals surface area (Å²) in [5, 5.41) is 3.57. The van der Waals surface area contributed by atoms with E-state index in [2.05, 4.69) is 5.32 Å². The maximum atomic E-state index is 12.3. The minimum Gasteiger partial charge on any atom is -0.497 e. The van der Waals surface area contributed by atoms with Crippen molar-refractivity contribution in [1.82, 2.24) is 5.32 Å². The zero-order valence-electron chi connectivity index (χ0n) is 14.4.